The van der Waals surface area contributed by atoms with E-state index in [4.69, 9.17) is 23.9 Å². The molecule has 2 heterocycles. The van der Waals surface area contributed by atoms with Crippen LogP contribution in [0.2, 0.25) is 0 Å². The van der Waals surface area contributed by atoms with Gasteiger partial charge in [0, 0.05) is 12.3 Å². The molecule has 30 heavy (non-hydrogen) atoms. The van der Waals surface area contributed by atoms with Gasteiger partial charge in [-0.2, -0.15) is 4.98 Å². The van der Waals surface area contributed by atoms with Crippen LogP contribution in [-0.2, 0) is 14.4 Å². The van der Waals surface area contributed by atoms with Gasteiger partial charge in [-0.15, -0.1) is 0 Å². The Bertz CT molecular complexity index is 872. The van der Waals surface area contributed by atoms with Gasteiger partial charge >= 0.3 is 6.01 Å². The van der Waals surface area contributed by atoms with E-state index in [2.05, 4.69) is 27.2 Å². The van der Waals surface area contributed by atoms with Gasteiger partial charge in [0.15, 0.2) is 12.3 Å². The Balaban J connectivity index is 1.75. The summed E-state index contributed by atoms with van der Waals surface area (Å²) < 4.78 is 17.2. The van der Waals surface area contributed by atoms with Crippen LogP contribution < -0.4 is 9.47 Å². The standard InChI is InChI=1S/C21H26N4O5/c1-3-4-5-8-13-27-18-11-12-22-21(23-18)30-17-10-7-6-9-16(17)19(24-26-2)20-25-29-15-14-28-20/h6-7,9-12H,3-5,8,13-15H2,1-2H3. The van der Waals surface area contributed by atoms with E-state index < -0.39 is 0 Å². The molecule has 0 radical (unpaired) electrons. The zero-order valence-corrected chi connectivity index (χ0v) is 17.2. The van der Waals surface area contributed by atoms with Crippen LogP contribution in [0.1, 0.15) is 38.2 Å². The second-order valence-corrected chi connectivity index (χ2v) is 6.39. The Labute approximate surface area is 175 Å². The summed E-state index contributed by atoms with van der Waals surface area (Å²) in [5, 5.41) is 7.96. The van der Waals surface area contributed by atoms with Crippen molar-refractivity contribution in [3.05, 3.63) is 42.1 Å². The number of hydrogen-bond donors (Lipinski definition) is 0. The highest BCUT2D eigenvalue weighted by Gasteiger charge is 2.22. The molecule has 2 aromatic rings. The number of para-hydroxylation sites is 1. The second kappa shape index (κ2) is 11.6. The largest absolute Gasteiger partial charge is 0.478 e. The van der Waals surface area contributed by atoms with Gasteiger partial charge in [0.1, 0.15) is 19.5 Å². The summed E-state index contributed by atoms with van der Waals surface area (Å²) in [6.07, 6.45) is 6.10. The Morgan fingerprint density at radius 3 is 2.83 bits per heavy atom. The van der Waals surface area contributed by atoms with E-state index in [0.717, 1.165) is 12.8 Å². The van der Waals surface area contributed by atoms with Gasteiger partial charge in [-0.05, 0) is 23.7 Å². The number of ether oxygens (including phenoxy) is 3. The molecule has 0 unspecified atom stereocenters. The molecule has 0 bridgehead atoms. The van der Waals surface area contributed by atoms with Crippen LogP contribution in [0.25, 0.3) is 0 Å². The summed E-state index contributed by atoms with van der Waals surface area (Å²) in [6, 6.07) is 9.12. The number of rotatable bonds is 11. The molecule has 0 amide bonds. The summed E-state index contributed by atoms with van der Waals surface area (Å²) in [6.45, 7) is 3.52. The molecule has 0 atom stereocenters. The lowest BCUT2D eigenvalue weighted by molar-refractivity contribution is 0.0672. The first-order valence-electron chi connectivity index (χ1n) is 9.99. The molecule has 0 saturated carbocycles. The lowest BCUT2D eigenvalue weighted by Crippen LogP contribution is -2.25. The van der Waals surface area contributed by atoms with Gasteiger partial charge in [0.2, 0.25) is 5.88 Å². The van der Waals surface area contributed by atoms with Gasteiger partial charge < -0.3 is 23.9 Å². The third-order valence-electron chi connectivity index (χ3n) is 4.15. The normalized spacial score (nSPS) is 13.7. The predicted molar refractivity (Wildman–Crippen MR) is 111 cm³/mol. The van der Waals surface area contributed by atoms with Crippen molar-refractivity contribution in [2.45, 2.75) is 32.6 Å². The van der Waals surface area contributed by atoms with Crippen LogP contribution in [0.15, 0.2) is 46.8 Å². The molecule has 1 aromatic heterocycles. The average Bonchev–Trinajstić information content (AvgIpc) is 2.79. The molecule has 0 spiro atoms. The highest BCUT2D eigenvalue weighted by Crippen LogP contribution is 2.25. The van der Waals surface area contributed by atoms with Gasteiger partial charge in [0.05, 0.1) is 12.2 Å². The molecule has 0 aliphatic carbocycles. The number of oxime groups is 2. The predicted octanol–water partition coefficient (Wildman–Crippen LogP) is 3.94. The monoisotopic (exact) mass is 414 g/mol. The smallest absolute Gasteiger partial charge is 0.325 e. The molecule has 1 aliphatic rings. The first kappa shape index (κ1) is 21.4. The van der Waals surface area contributed by atoms with Crippen LogP contribution in [0.4, 0.5) is 0 Å². The number of benzene rings is 1. The van der Waals surface area contributed by atoms with E-state index >= 15 is 0 Å². The van der Waals surface area contributed by atoms with Crippen molar-refractivity contribution in [3.8, 4) is 17.6 Å². The van der Waals surface area contributed by atoms with E-state index in [1.807, 2.05) is 18.2 Å². The van der Waals surface area contributed by atoms with Crippen LogP contribution in [0.3, 0.4) is 0 Å². The second-order valence-electron chi connectivity index (χ2n) is 6.39. The molecular formula is C21H26N4O5. The maximum Gasteiger partial charge on any atom is 0.325 e. The van der Waals surface area contributed by atoms with Crippen molar-refractivity contribution in [1.29, 1.82) is 0 Å². The fourth-order valence-electron chi connectivity index (χ4n) is 2.72. The summed E-state index contributed by atoms with van der Waals surface area (Å²) in [4.78, 5) is 18.6. The number of nitrogens with zero attached hydrogens (tertiary/aromatic N) is 4. The first-order valence-corrected chi connectivity index (χ1v) is 9.99. The van der Waals surface area contributed by atoms with E-state index in [1.165, 1.54) is 20.0 Å². The SMILES string of the molecule is CCCCCCOc1ccnc(Oc2ccccc2C(=NOC)C2=NOCCO2)n1. The van der Waals surface area contributed by atoms with Crippen LogP contribution in [0, 0.1) is 0 Å². The van der Waals surface area contributed by atoms with Crippen molar-refractivity contribution < 1.29 is 23.9 Å². The van der Waals surface area contributed by atoms with Gasteiger partial charge in [-0.25, -0.2) is 4.98 Å². The lowest BCUT2D eigenvalue weighted by Gasteiger charge is -2.16. The molecule has 0 saturated heterocycles. The van der Waals surface area contributed by atoms with Crippen molar-refractivity contribution >= 4 is 11.6 Å². The van der Waals surface area contributed by atoms with Gasteiger partial charge in [-0.1, -0.05) is 43.5 Å². The third-order valence-corrected chi connectivity index (χ3v) is 4.15. The summed E-state index contributed by atoms with van der Waals surface area (Å²) >= 11 is 0. The Kier molecular flexibility index (Phi) is 8.25. The van der Waals surface area contributed by atoms with Crippen molar-refractivity contribution in [2.75, 3.05) is 26.9 Å². The Morgan fingerprint density at radius 1 is 1.13 bits per heavy atom. The topological polar surface area (TPSA) is 96.7 Å². The fraction of sp³-hybridized carbons (Fsp3) is 0.429. The van der Waals surface area contributed by atoms with Crippen molar-refractivity contribution in [3.63, 3.8) is 0 Å². The molecule has 1 aliphatic heterocycles. The molecule has 9 heteroatoms. The lowest BCUT2D eigenvalue weighted by atomic mass is 10.1. The summed E-state index contributed by atoms with van der Waals surface area (Å²) in [5.41, 5.74) is 0.939. The molecule has 160 valence electrons. The van der Waals surface area contributed by atoms with Crippen LogP contribution in [-0.4, -0.2) is 48.5 Å². The highest BCUT2D eigenvalue weighted by molar-refractivity contribution is 6.45. The molecule has 0 N–H and O–H groups in total. The maximum absolute atomic E-state index is 5.92. The Morgan fingerprint density at radius 2 is 2.03 bits per heavy atom. The minimum Gasteiger partial charge on any atom is -0.478 e. The average molecular weight is 414 g/mol. The van der Waals surface area contributed by atoms with E-state index in [-0.39, 0.29) is 11.9 Å². The third kappa shape index (κ3) is 6.07. The number of hydrogen-bond acceptors (Lipinski definition) is 9. The van der Waals surface area contributed by atoms with E-state index in [0.29, 0.717) is 42.7 Å². The molecule has 9 nitrogen and oxygen atoms in total. The molecule has 1 aromatic carbocycles. The quantitative estimate of drug-likeness (QED) is 0.312. The van der Waals surface area contributed by atoms with Gasteiger partial charge in [0.25, 0.3) is 5.90 Å². The summed E-state index contributed by atoms with van der Waals surface area (Å²) in [7, 11) is 1.44. The number of unbranched alkanes of at least 4 members (excludes halogenated alkanes) is 3. The minimum absolute atomic E-state index is 0.160. The fourth-order valence-corrected chi connectivity index (χ4v) is 2.72. The van der Waals surface area contributed by atoms with Crippen LogP contribution in [0.5, 0.6) is 17.6 Å². The van der Waals surface area contributed by atoms with Crippen molar-refractivity contribution in [1.82, 2.24) is 9.97 Å². The summed E-state index contributed by atoms with van der Waals surface area (Å²) in [5.74, 6) is 1.14. The molecule has 0 fully saturated rings. The zero-order chi connectivity index (χ0) is 21.0. The molecular weight excluding hydrogens is 388 g/mol. The maximum atomic E-state index is 5.92. The van der Waals surface area contributed by atoms with E-state index in [9.17, 15) is 0 Å². The number of aromatic nitrogens is 2. The van der Waals surface area contributed by atoms with E-state index in [1.54, 1.807) is 18.3 Å². The van der Waals surface area contributed by atoms with Crippen molar-refractivity contribution in [2.24, 2.45) is 10.3 Å². The molecule has 3 rings (SSSR count). The first-order chi connectivity index (χ1) is 14.8. The minimum atomic E-state index is 0.160. The highest BCUT2D eigenvalue weighted by atomic mass is 16.7. The Hall–Kier alpha value is -3.36. The van der Waals surface area contributed by atoms with Crippen LogP contribution >= 0.6 is 0 Å². The van der Waals surface area contributed by atoms with Gasteiger partial charge in [-0.3, -0.25) is 0 Å². The zero-order valence-electron chi connectivity index (χ0n) is 17.2.